The molecule has 0 amide bonds. The number of nitriles is 1. The van der Waals surface area contributed by atoms with E-state index in [1.165, 1.54) is 5.56 Å². The van der Waals surface area contributed by atoms with Gasteiger partial charge in [0.2, 0.25) is 0 Å². The van der Waals surface area contributed by atoms with Crippen LogP contribution < -0.4 is 5.32 Å². The molecule has 1 unspecified atom stereocenters. The Morgan fingerprint density at radius 1 is 1.40 bits per heavy atom. The lowest BCUT2D eigenvalue weighted by Gasteiger charge is -2.12. The van der Waals surface area contributed by atoms with Crippen LogP contribution in [0.1, 0.15) is 12.0 Å². The summed E-state index contributed by atoms with van der Waals surface area (Å²) in [5.74, 6) is 1.01. The van der Waals surface area contributed by atoms with Crippen LogP contribution in [0.4, 0.5) is 5.69 Å². The lowest BCUT2D eigenvalue weighted by Crippen LogP contribution is -2.17. The van der Waals surface area contributed by atoms with E-state index in [4.69, 9.17) is 5.26 Å². The summed E-state index contributed by atoms with van der Waals surface area (Å²) in [5.41, 5.74) is 2.26. The standard InChI is InChI=1S/C12H16N2S/c1-10-3-5-11(6-4-10)14-12(9-13)7-8-15-2/h3-6,12,14H,7-8H2,1-2H3. The quantitative estimate of drug-likeness (QED) is 0.828. The first-order chi connectivity index (χ1) is 7.26. The minimum absolute atomic E-state index is 0.0832. The van der Waals surface area contributed by atoms with Gasteiger partial charge in [-0.05, 0) is 37.5 Å². The van der Waals surface area contributed by atoms with Crippen molar-refractivity contribution in [1.82, 2.24) is 0 Å². The van der Waals surface area contributed by atoms with Crippen LogP contribution in [0.25, 0.3) is 0 Å². The van der Waals surface area contributed by atoms with Gasteiger partial charge in [0.05, 0.1) is 6.07 Å². The molecule has 80 valence electrons. The fraction of sp³-hybridized carbons (Fsp3) is 0.417. The van der Waals surface area contributed by atoms with Gasteiger partial charge in [-0.3, -0.25) is 0 Å². The zero-order chi connectivity index (χ0) is 11.1. The summed E-state index contributed by atoms with van der Waals surface area (Å²) in [4.78, 5) is 0. The second-order valence-corrected chi connectivity index (χ2v) is 4.46. The van der Waals surface area contributed by atoms with Crippen molar-refractivity contribution < 1.29 is 0 Å². The molecule has 0 spiro atoms. The number of anilines is 1. The molecule has 1 aromatic carbocycles. The number of rotatable bonds is 5. The molecule has 0 aliphatic carbocycles. The number of benzene rings is 1. The van der Waals surface area contributed by atoms with Crippen molar-refractivity contribution in [3.05, 3.63) is 29.8 Å². The van der Waals surface area contributed by atoms with Crippen molar-refractivity contribution in [2.75, 3.05) is 17.3 Å². The van der Waals surface area contributed by atoms with Crippen molar-refractivity contribution in [3.8, 4) is 6.07 Å². The fourth-order valence-corrected chi connectivity index (χ4v) is 1.73. The van der Waals surface area contributed by atoms with Crippen LogP contribution in [-0.2, 0) is 0 Å². The van der Waals surface area contributed by atoms with Gasteiger partial charge >= 0.3 is 0 Å². The predicted octanol–water partition coefficient (Wildman–Crippen LogP) is 3.05. The summed E-state index contributed by atoms with van der Waals surface area (Å²) in [5, 5.41) is 12.2. The summed E-state index contributed by atoms with van der Waals surface area (Å²) in [7, 11) is 0. The summed E-state index contributed by atoms with van der Waals surface area (Å²) >= 11 is 1.77. The maximum atomic E-state index is 8.95. The van der Waals surface area contributed by atoms with Gasteiger partial charge in [-0.15, -0.1) is 0 Å². The van der Waals surface area contributed by atoms with Crippen LogP contribution in [0.2, 0.25) is 0 Å². The topological polar surface area (TPSA) is 35.8 Å². The lowest BCUT2D eigenvalue weighted by atomic mass is 10.2. The van der Waals surface area contributed by atoms with Crippen LogP contribution in [0.5, 0.6) is 0 Å². The molecule has 0 fully saturated rings. The normalized spacial score (nSPS) is 11.8. The van der Waals surface area contributed by atoms with E-state index < -0.39 is 0 Å². The summed E-state index contributed by atoms with van der Waals surface area (Å²) in [6.45, 7) is 2.05. The van der Waals surface area contributed by atoms with Gasteiger partial charge in [-0.2, -0.15) is 17.0 Å². The largest absolute Gasteiger partial charge is 0.370 e. The molecule has 1 N–H and O–H groups in total. The van der Waals surface area contributed by atoms with Gasteiger partial charge in [0.15, 0.2) is 0 Å². The van der Waals surface area contributed by atoms with Gasteiger partial charge in [-0.25, -0.2) is 0 Å². The molecule has 1 rings (SSSR count). The van der Waals surface area contributed by atoms with Crippen molar-refractivity contribution in [2.24, 2.45) is 0 Å². The van der Waals surface area contributed by atoms with Gasteiger partial charge in [0, 0.05) is 5.69 Å². The van der Waals surface area contributed by atoms with Gasteiger partial charge < -0.3 is 5.32 Å². The van der Waals surface area contributed by atoms with E-state index in [-0.39, 0.29) is 6.04 Å². The molecule has 1 aromatic rings. The molecule has 0 saturated carbocycles. The van der Waals surface area contributed by atoms with Crippen LogP contribution >= 0.6 is 11.8 Å². The first-order valence-corrected chi connectivity index (χ1v) is 6.37. The number of aryl methyl sites for hydroxylation is 1. The Hall–Kier alpha value is -1.14. The second kappa shape index (κ2) is 6.36. The SMILES string of the molecule is CSCCC(C#N)Nc1ccc(C)cc1. The third-order valence-corrected chi connectivity index (χ3v) is 2.80. The first kappa shape index (κ1) is 11.9. The van der Waals surface area contributed by atoms with E-state index in [0.717, 1.165) is 17.9 Å². The Labute approximate surface area is 95.7 Å². The van der Waals surface area contributed by atoms with Crippen molar-refractivity contribution in [2.45, 2.75) is 19.4 Å². The summed E-state index contributed by atoms with van der Waals surface area (Å²) < 4.78 is 0. The molecule has 0 aromatic heterocycles. The van der Waals surface area contributed by atoms with Crippen molar-refractivity contribution >= 4 is 17.4 Å². The molecule has 0 radical (unpaired) electrons. The minimum atomic E-state index is -0.0832. The first-order valence-electron chi connectivity index (χ1n) is 4.98. The maximum Gasteiger partial charge on any atom is 0.115 e. The highest BCUT2D eigenvalue weighted by Crippen LogP contribution is 2.12. The number of thioether (sulfide) groups is 1. The summed E-state index contributed by atoms with van der Waals surface area (Å²) in [6.07, 6.45) is 2.94. The Kier molecular flexibility index (Phi) is 5.06. The number of nitrogens with one attached hydrogen (secondary N) is 1. The molecule has 0 aliphatic rings. The highest BCUT2D eigenvalue weighted by Gasteiger charge is 2.05. The molecule has 0 aliphatic heterocycles. The Morgan fingerprint density at radius 3 is 2.60 bits per heavy atom. The molecular weight excluding hydrogens is 204 g/mol. The Balaban J connectivity index is 2.52. The Morgan fingerprint density at radius 2 is 2.07 bits per heavy atom. The van der Waals surface area contributed by atoms with Crippen molar-refractivity contribution in [1.29, 1.82) is 5.26 Å². The van der Waals surface area contributed by atoms with Gasteiger partial charge in [0.25, 0.3) is 0 Å². The summed E-state index contributed by atoms with van der Waals surface area (Å²) in [6, 6.07) is 10.3. The lowest BCUT2D eigenvalue weighted by molar-refractivity contribution is 0.855. The molecule has 0 saturated heterocycles. The molecule has 0 heterocycles. The van der Waals surface area contributed by atoms with E-state index in [2.05, 4.69) is 24.6 Å². The number of hydrogen-bond donors (Lipinski definition) is 1. The second-order valence-electron chi connectivity index (χ2n) is 3.47. The van der Waals surface area contributed by atoms with Crippen molar-refractivity contribution in [3.63, 3.8) is 0 Å². The molecule has 15 heavy (non-hydrogen) atoms. The van der Waals surface area contributed by atoms with E-state index in [9.17, 15) is 0 Å². The molecule has 3 heteroatoms. The number of hydrogen-bond acceptors (Lipinski definition) is 3. The van der Waals surface area contributed by atoms with Gasteiger partial charge in [0.1, 0.15) is 6.04 Å². The monoisotopic (exact) mass is 220 g/mol. The molecule has 0 bridgehead atoms. The fourth-order valence-electron chi connectivity index (χ4n) is 1.26. The predicted molar refractivity (Wildman–Crippen MR) is 67.2 cm³/mol. The highest BCUT2D eigenvalue weighted by molar-refractivity contribution is 7.98. The average molecular weight is 220 g/mol. The average Bonchev–Trinajstić information content (AvgIpc) is 2.27. The number of nitrogens with zero attached hydrogens (tertiary/aromatic N) is 1. The minimum Gasteiger partial charge on any atom is -0.370 e. The van der Waals surface area contributed by atoms with E-state index >= 15 is 0 Å². The van der Waals surface area contributed by atoms with E-state index in [1.54, 1.807) is 11.8 Å². The van der Waals surface area contributed by atoms with Crippen LogP contribution in [0.3, 0.4) is 0 Å². The smallest absolute Gasteiger partial charge is 0.115 e. The zero-order valence-electron chi connectivity index (χ0n) is 9.16. The Bertz CT molecular complexity index is 326. The maximum absolute atomic E-state index is 8.95. The third kappa shape index (κ3) is 4.26. The van der Waals surface area contributed by atoms with Crippen LogP contribution in [0.15, 0.2) is 24.3 Å². The zero-order valence-corrected chi connectivity index (χ0v) is 9.97. The van der Waals surface area contributed by atoms with Crippen LogP contribution in [0, 0.1) is 18.3 Å². The van der Waals surface area contributed by atoms with Gasteiger partial charge in [-0.1, -0.05) is 17.7 Å². The van der Waals surface area contributed by atoms with Crippen LogP contribution in [-0.4, -0.2) is 18.1 Å². The highest BCUT2D eigenvalue weighted by atomic mass is 32.2. The molecular formula is C12H16N2S. The van der Waals surface area contributed by atoms with E-state index in [0.29, 0.717) is 0 Å². The molecule has 1 atom stereocenters. The molecule has 2 nitrogen and oxygen atoms in total. The van der Waals surface area contributed by atoms with E-state index in [1.807, 2.05) is 24.3 Å². The third-order valence-electron chi connectivity index (χ3n) is 2.16.